The molecule has 2 aliphatic heterocycles. The van der Waals surface area contributed by atoms with Crippen LogP contribution in [0.4, 0.5) is 0 Å². The van der Waals surface area contributed by atoms with Crippen LogP contribution in [0.3, 0.4) is 0 Å². The van der Waals surface area contributed by atoms with Crippen molar-refractivity contribution in [1.29, 1.82) is 0 Å². The predicted octanol–water partition coefficient (Wildman–Crippen LogP) is 1.24. The molecule has 0 spiro atoms. The van der Waals surface area contributed by atoms with E-state index >= 15 is 0 Å². The van der Waals surface area contributed by atoms with Gasteiger partial charge in [0.25, 0.3) is 0 Å². The highest BCUT2D eigenvalue weighted by Crippen LogP contribution is 2.42. The number of ether oxygens (including phenoxy) is 1. The Hall–Kier alpha value is -2.08. The molecule has 1 amide bonds. The number of carboxylic acids is 1. The number of fused-ring (bicyclic) bond motifs is 1. The minimum atomic E-state index is -0.855. The van der Waals surface area contributed by atoms with E-state index in [-0.39, 0.29) is 18.4 Å². The highest BCUT2D eigenvalue weighted by atomic mass is 16.5. The average Bonchev–Trinajstić information content (AvgIpc) is 3.12. The van der Waals surface area contributed by atoms with Crippen LogP contribution in [0.15, 0.2) is 28.9 Å². The topological polar surface area (TPSA) is 80.0 Å². The Labute approximate surface area is 122 Å². The number of rotatable bonds is 3. The molecule has 2 atom stereocenters. The van der Waals surface area contributed by atoms with Gasteiger partial charge >= 0.3 is 5.97 Å². The smallest absolute Gasteiger partial charge is 0.311 e. The quantitative estimate of drug-likeness (QED) is 0.848. The lowest BCUT2D eigenvalue weighted by molar-refractivity contribution is -0.157. The average molecular weight is 291 g/mol. The van der Waals surface area contributed by atoms with Gasteiger partial charge in [-0.3, -0.25) is 9.59 Å². The Balaban J connectivity index is 1.73. The Morgan fingerprint density at radius 2 is 2.33 bits per heavy atom. The molecule has 0 radical (unpaired) electrons. The van der Waals surface area contributed by atoms with E-state index in [4.69, 9.17) is 9.15 Å². The summed E-state index contributed by atoms with van der Waals surface area (Å²) < 4.78 is 10.5. The fourth-order valence-corrected chi connectivity index (χ4v) is 3.11. The first-order chi connectivity index (χ1) is 10.1. The second kappa shape index (κ2) is 5.37. The summed E-state index contributed by atoms with van der Waals surface area (Å²) in [5.74, 6) is -0.566. The number of nitrogens with zero attached hydrogens (tertiary/aromatic N) is 1. The standard InChI is InChI=1S/C15H17NO5/c17-13(4-3-12-2-1-6-21-12)16-8-11-9-20-7-5-15(11,10-16)14(18)19/h1-4,6,11H,5,7-10H2,(H,18,19)/t11-,15+/m0/s1. The molecular formula is C15H17NO5. The molecule has 0 saturated carbocycles. The van der Waals surface area contributed by atoms with E-state index in [2.05, 4.69) is 0 Å². The third-order valence-electron chi connectivity index (χ3n) is 4.38. The second-order valence-corrected chi connectivity index (χ2v) is 5.55. The van der Waals surface area contributed by atoms with Crippen LogP contribution in [0.2, 0.25) is 0 Å². The van der Waals surface area contributed by atoms with Crippen LogP contribution >= 0.6 is 0 Å². The molecule has 2 aliphatic rings. The molecule has 3 heterocycles. The van der Waals surface area contributed by atoms with Crippen molar-refractivity contribution >= 4 is 18.0 Å². The van der Waals surface area contributed by atoms with Crippen LogP contribution in [0.25, 0.3) is 6.08 Å². The van der Waals surface area contributed by atoms with Gasteiger partial charge < -0.3 is 19.2 Å². The Bertz CT molecular complexity index is 565. The van der Waals surface area contributed by atoms with Gasteiger partial charge in [-0.2, -0.15) is 0 Å². The third kappa shape index (κ3) is 2.47. The van der Waals surface area contributed by atoms with Crippen molar-refractivity contribution in [3.05, 3.63) is 30.2 Å². The lowest BCUT2D eigenvalue weighted by Crippen LogP contribution is -2.45. The van der Waals surface area contributed by atoms with Crippen LogP contribution in [-0.2, 0) is 14.3 Å². The molecule has 112 valence electrons. The first kappa shape index (κ1) is 13.9. The van der Waals surface area contributed by atoms with E-state index in [9.17, 15) is 14.7 Å². The molecule has 2 fully saturated rings. The van der Waals surface area contributed by atoms with Gasteiger partial charge in [0.1, 0.15) is 5.76 Å². The zero-order chi connectivity index (χ0) is 14.9. The fourth-order valence-electron chi connectivity index (χ4n) is 3.11. The van der Waals surface area contributed by atoms with Crippen molar-refractivity contribution in [3.63, 3.8) is 0 Å². The van der Waals surface area contributed by atoms with Crippen molar-refractivity contribution in [1.82, 2.24) is 4.90 Å². The van der Waals surface area contributed by atoms with Crippen molar-refractivity contribution in [2.75, 3.05) is 26.3 Å². The molecule has 0 unspecified atom stereocenters. The van der Waals surface area contributed by atoms with Gasteiger partial charge in [0.2, 0.25) is 5.91 Å². The zero-order valence-electron chi connectivity index (χ0n) is 11.5. The molecule has 0 aliphatic carbocycles. The largest absolute Gasteiger partial charge is 0.481 e. The number of furan rings is 1. The molecular weight excluding hydrogens is 274 g/mol. The molecule has 0 aromatic carbocycles. The van der Waals surface area contributed by atoms with Crippen LogP contribution < -0.4 is 0 Å². The van der Waals surface area contributed by atoms with Gasteiger partial charge in [-0.15, -0.1) is 0 Å². The maximum atomic E-state index is 12.2. The number of carbonyl (C=O) groups is 2. The van der Waals surface area contributed by atoms with Gasteiger partial charge in [0.15, 0.2) is 0 Å². The molecule has 6 heteroatoms. The molecule has 0 bridgehead atoms. The maximum Gasteiger partial charge on any atom is 0.311 e. The van der Waals surface area contributed by atoms with Gasteiger partial charge in [0, 0.05) is 31.7 Å². The molecule has 2 saturated heterocycles. The Morgan fingerprint density at radius 1 is 1.48 bits per heavy atom. The highest BCUT2D eigenvalue weighted by Gasteiger charge is 2.54. The zero-order valence-corrected chi connectivity index (χ0v) is 11.5. The lowest BCUT2D eigenvalue weighted by Gasteiger charge is -2.33. The summed E-state index contributed by atoms with van der Waals surface area (Å²) in [5, 5.41) is 9.55. The minimum absolute atomic E-state index is 0.135. The van der Waals surface area contributed by atoms with Gasteiger partial charge in [-0.1, -0.05) is 0 Å². The highest BCUT2D eigenvalue weighted by molar-refractivity contribution is 5.92. The second-order valence-electron chi connectivity index (χ2n) is 5.55. The van der Waals surface area contributed by atoms with Crippen LogP contribution in [0.5, 0.6) is 0 Å². The lowest BCUT2D eigenvalue weighted by atomic mass is 9.74. The van der Waals surface area contributed by atoms with Crippen LogP contribution in [-0.4, -0.2) is 48.2 Å². The van der Waals surface area contributed by atoms with Crippen molar-refractivity contribution in [2.24, 2.45) is 11.3 Å². The van der Waals surface area contributed by atoms with Crippen LogP contribution in [0, 0.1) is 11.3 Å². The number of hydrogen-bond acceptors (Lipinski definition) is 4. The number of carboxylic acid groups (broad SMARTS) is 1. The van der Waals surface area contributed by atoms with Crippen molar-refractivity contribution in [3.8, 4) is 0 Å². The van der Waals surface area contributed by atoms with E-state index in [1.165, 1.54) is 12.3 Å². The predicted molar refractivity (Wildman–Crippen MR) is 73.3 cm³/mol. The van der Waals surface area contributed by atoms with E-state index < -0.39 is 11.4 Å². The first-order valence-corrected chi connectivity index (χ1v) is 6.93. The third-order valence-corrected chi connectivity index (χ3v) is 4.38. The van der Waals surface area contributed by atoms with E-state index in [0.717, 1.165) is 0 Å². The maximum absolute atomic E-state index is 12.2. The number of aliphatic carboxylic acids is 1. The first-order valence-electron chi connectivity index (χ1n) is 6.93. The molecule has 6 nitrogen and oxygen atoms in total. The summed E-state index contributed by atoms with van der Waals surface area (Å²) in [4.78, 5) is 25.4. The Morgan fingerprint density at radius 3 is 3.00 bits per heavy atom. The molecule has 1 N–H and O–H groups in total. The van der Waals surface area contributed by atoms with Crippen molar-refractivity contribution in [2.45, 2.75) is 6.42 Å². The van der Waals surface area contributed by atoms with E-state index in [1.54, 1.807) is 23.1 Å². The number of hydrogen-bond donors (Lipinski definition) is 1. The number of carbonyl (C=O) groups excluding carboxylic acids is 1. The molecule has 3 rings (SSSR count). The monoisotopic (exact) mass is 291 g/mol. The number of likely N-dealkylation sites (tertiary alicyclic amines) is 1. The van der Waals surface area contributed by atoms with Gasteiger partial charge in [0.05, 0.1) is 18.3 Å². The normalized spacial score (nSPS) is 28.8. The van der Waals surface area contributed by atoms with Gasteiger partial charge in [-0.05, 0) is 24.6 Å². The SMILES string of the molecule is O=C(C=Cc1ccco1)N1C[C@H]2COCC[C@@]2(C(=O)O)C1. The summed E-state index contributed by atoms with van der Waals surface area (Å²) in [7, 11) is 0. The summed E-state index contributed by atoms with van der Waals surface area (Å²) in [6.07, 6.45) is 5.00. The molecule has 1 aromatic rings. The fraction of sp³-hybridized carbons (Fsp3) is 0.467. The summed E-state index contributed by atoms with van der Waals surface area (Å²) >= 11 is 0. The molecule has 21 heavy (non-hydrogen) atoms. The van der Waals surface area contributed by atoms with Crippen molar-refractivity contribution < 1.29 is 23.8 Å². The summed E-state index contributed by atoms with van der Waals surface area (Å²) in [6, 6.07) is 3.49. The molecule has 1 aromatic heterocycles. The van der Waals surface area contributed by atoms with E-state index in [0.29, 0.717) is 31.9 Å². The van der Waals surface area contributed by atoms with Crippen LogP contribution in [0.1, 0.15) is 12.2 Å². The summed E-state index contributed by atoms with van der Waals surface area (Å²) in [6.45, 7) is 1.51. The summed E-state index contributed by atoms with van der Waals surface area (Å²) in [5.41, 5.74) is -0.855. The minimum Gasteiger partial charge on any atom is -0.481 e. The number of amides is 1. The van der Waals surface area contributed by atoms with E-state index in [1.807, 2.05) is 0 Å². The van der Waals surface area contributed by atoms with Gasteiger partial charge in [-0.25, -0.2) is 0 Å². The Kier molecular flexibility index (Phi) is 3.55.